The molecule has 1 aliphatic carbocycles. The van der Waals surface area contributed by atoms with Crippen LogP contribution in [0.15, 0.2) is 48.5 Å². The molecule has 4 rings (SSSR count). The Kier molecular flexibility index (Phi) is 7.23. The fourth-order valence-electron chi connectivity index (χ4n) is 4.32. The van der Waals surface area contributed by atoms with Gasteiger partial charge in [-0.05, 0) is 56.2 Å². The number of anilines is 2. The van der Waals surface area contributed by atoms with Crippen LogP contribution in [-0.4, -0.2) is 46.8 Å². The number of fused-ring (bicyclic) bond motifs is 1. The number of carbonyl (C=O) groups excluding carboxylic acids is 5. The summed E-state index contributed by atoms with van der Waals surface area (Å²) in [6.07, 6.45) is 0.681. The van der Waals surface area contributed by atoms with Crippen molar-refractivity contribution in [3.8, 4) is 0 Å². The molecule has 35 heavy (non-hydrogen) atoms. The normalized spacial score (nSPS) is 23.6. The van der Waals surface area contributed by atoms with E-state index in [2.05, 4.69) is 5.32 Å². The van der Waals surface area contributed by atoms with E-state index in [0.29, 0.717) is 29.8 Å². The number of halogens is 2. The Morgan fingerprint density at radius 1 is 0.943 bits per heavy atom. The second-order valence-electron chi connectivity index (χ2n) is 8.54. The van der Waals surface area contributed by atoms with Gasteiger partial charge in [0, 0.05) is 11.3 Å². The third kappa shape index (κ3) is 5.23. The number of nitrogens with one attached hydrogen (secondary N) is 1. The highest BCUT2D eigenvalue weighted by atomic mass is 35.5. The largest absolute Gasteiger partial charge is 0.452 e. The minimum absolute atomic E-state index is 0.140. The molecule has 2 aromatic carbocycles. The minimum Gasteiger partial charge on any atom is -0.452 e. The molecule has 2 aliphatic rings. The number of carbonyl (C=O) groups is 5. The summed E-state index contributed by atoms with van der Waals surface area (Å²) in [6, 6.07) is 12.2. The van der Waals surface area contributed by atoms with E-state index in [0.717, 1.165) is 4.90 Å². The second kappa shape index (κ2) is 10.2. The number of alkyl halides is 2. The van der Waals surface area contributed by atoms with Crippen LogP contribution in [-0.2, 0) is 19.1 Å². The molecule has 3 amide bonds. The van der Waals surface area contributed by atoms with Crippen LogP contribution >= 0.6 is 23.2 Å². The standard InChI is InChI=1S/C25H22Cl2N2O6/c1-13(30)15-3-2-4-16(9-15)28-22(31)12-35-25(34)14-5-7-17(8-6-14)29-23(32)18-10-20(26)21(27)11-19(18)24(29)33/h2-9,18-21H,10-12H2,1H3,(H,28,31)/t18-,19-,20+,21+/m1/s1. The van der Waals surface area contributed by atoms with Crippen LogP contribution in [0.3, 0.4) is 0 Å². The van der Waals surface area contributed by atoms with Crippen LogP contribution in [0.5, 0.6) is 0 Å². The quantitative estimate of drug-likeness (QED) is 0.270. The van der Waals surface area contributed by atoms with Gasteiger partial charge in [0.2, 0.25) is 11.8 Å². The van der Waals surface area contributed by atoms with Gasteiger partial charge in [-0.3, -0.25) is 24.1 Å². The summed E-state index contributed by atoms with van der Waals surface area (Å²) in [4.78, 5) is 62.8. The average Bonchev–Trinajstić information content (AvgIpc) is 3.07. The van der Waals surface area contributed by atoms with Crippen LogP contribution < -0.4 is 10.2 Å². The van der Waals surface area contributed by atoms with Crippen molar-refractivity contribution in [2.75, 3.05) is 16.8 Å². The highest BCUT2D eigenvalue weighted by Gasteiger charge is 2.52. The highest BCUT2D eigenvalue weighted by Crippen LogP contribution is 2.43. The average molecular weight is 517 g/mol. The molecule has 2 aromatic rings. The zero-order chi connectivity index (χ0) is 25.3. The zero-order valence-electron chi connectivity index (χ0n) is 18.7. The maximum Gasteiger partial charge on any atom is 0.338 e. The fourth-order valence-corrected chi connectivity index (χ4v) is 4.91. The summed E-state index contributed by atoms with van der Waals surface area (Å²) in [5.74, 6) is -3.10. The third-order valence-corrected chi connectivity index (χ3v) is 7.25. The fraction of sp³-hybridized carbons (Fsp3) is 0.320. The first-order valence-corrected chi connectivity index (χ1v) is 11.9. The summed E-state index contributed by atoms with van der Waals surface area (Å²) in [5, 5.41) is 1.82. The number of rotatable bonds is 6. The van der Waals surface area contributed by atoms with Gasteiger partial charge in [0.05, 0.1) is 33.8 Å². The lowest BCUT2D eigenvalue weighted by atomic mass is 9.80. The van der Waals surface area contributed by atoms with E-state index in [1.165, 1.54) is 37.3 Å². The molecule has 0 bridgehead atoms. The van der Waals surface area contributed by atoms with E-state index < -0.39 is 30.3 Å². The van der Waals surface area contributed by atoms with Gasteiger partial charge in [-0.2, -0.15) is 0 Å². The summed E-state index contributed by atoms with van der Waals surface area (Å²) < 4.78 is 5.05. The molecular weight excluding hydrogens is 495 g/mol. The van der Waals surface area contributed by atoms with Crippen LogP contribution in [0.2, 0.25) is 0 Å². The Morgan fingerprint density at radius 2 is 1.54 bits per heavy atom. The van der Waals surface area contributed by atoms with Gasteiger partial charge in [-0.25, -0.2) is 4.79 Å². The monoisotopic (exact) mass is 516 g/mol. The lowest BCUT2D eigenvalue weighted by molar-refractivity contribution is -0.122. The van der Waals surface area contributed by atoms with E-state index in [4.69, 9.17) is 27.9 Å². The summed E-state index contributed by atoms with van der Waals surface area (Å²) in [7, 11) is 0. The van der Waals surface area contributed by atoms with Crippen molar-refractivity contribution in [3.63, 3.8) is 0 Å². The summed E-state index contributed by atoms with van der Waals surface area (Å²) in [6.45, 7) is 0.886. The summed E-state index contributed by atoms with van der Waals surface area (Å²) in [5.41, 5.74) is 1.34. The lowest BCUT2D eigenvalue weighted by Gasteiger charge is -2.28. The number of imide groups is 1. The molecular formula is C25H22Cl2N2O6. The Hall–Kier alpha value is -3.23. The number of esters is 1. The number of Topliss-reactive ketones (excluding diaryl/α,β-unsaturated/α-hetero) is 1. The van der Waals surface area contributed by atoms with Gasteiger partial charge < -0.3 is 10.1 Å². The van der Waals surface area contributed by atoms with Gasteiger partial charge in [-0.1, -0.05) is 12.1 Å². The van der Waals surface area contributed by atoms with E-state index in [1.807, 2.05) is 0 Å². The Labute approximate surface area is 211 Å². The molecule has 1 N–H and O–H groups in total. The van der Waals surface area contributed by atoms with Crippen LogP contribution in [0.1, 0.15) is 40.5 Å². The van der Waals surface area contributed by atoms with E-state index in [-0.39, 0.29) is 33.9 Å². The minimum atomic E-state index is -0.744. The third-order valence-electron chi connectivity index (χ3n) is 6.16. The van der Waals surface area contributed by atoms with Crippen molar-refractivity contribution < 1.29 is 28.7 Å². The van der Waals surface area contributed by atoms with E-state index in [9.17, 15) is 24.0 Å². The van der Waals surface area contributed by atoms with Gasteiger partial charge in [0.15, 0.2) is 12.4 Å². The number of benzene rings is 2. The van der Waals surface area contributed by atoms with Gasteiger partial charge in [-0.15, -0.1) is 23.2 Å². The van der Waals surface area contributed by atoms with E-state index >= 15 is 0 Å². The van der Waals surface area contributed by atoms with Gasteiger partial charge in [0.1, 0.15) is 0 Å². The first-order chi connectivity index (χ1) is 16.7. The first kappa shape index (κ1) is 24.9. The van der Waals surface area contributed by atoms with Crippen LogP contribution in [0, 0.1) is 11.8 Å². The molecule has 8 nitrogen and oxygen atoms in total. The molecule has 1 aliphatic heterocycles. The van der Waals surface area contributed by atoms with E-state index in [1.54, 1.807) is 18.2 Å². The Morgan fingerprint density at radius 3 is 2.11 bits per heavy atom. The first-order valence-electron chi connectivity index (χ1n) is 11.0. The van der Waals surface area contributed by atoms with Crippen molar-refractivity contribution in [1.82, 2.24) is 0 Å². The second-order valence-corrected chi connectivity index (χ2v) is 9.66. The molecule has 10 heteroatoms. The lowest BCUT2D eigenvalue weighted by Crippen LogP contribution is -2.34. The Bertz CT molecular complexity index is 1170. The SMILES string of the molecule is CC(=O)c1cccc(NC(=O)COC(=O)c2ccc(N3C(=O)[C@@H]4C[C@H](Cl)[C@@H](Cl)C[C@H]4C3=O)cc2)c1. The van der Waals surface area contributed by atoms with Crippen LogP contribution in [0.4, 0.5) is 11.4 Å². The molecule has 0 unspecified atom stereocenters. The number of ketones is 1. The molecule has 0 aromatic heterocycles. The molecule has 1 heterocycles. The maximum absolute atomic E-state index is 12.9. The molecule has 1 saturated carbocycles. The predicted molar refractivity (Wildman–Crippen MR) is 130 cm³/mol. The molecule has 0 radical (unpaired) electrons. The van der Waals surface area contributed by atoms with Crippen molar-refractivity contribution in [1.29, 1.82) is 0 Å². The zero-order valence-corrected chi connectivity index (χ0v) is 20.2. The van der Waals surface area contributed by atoms with Crippen molar-refractivity contribution in [2.24, 2.45) is 11.8 Å². The molecule has 2 fully saturated rings. The Balaban J connectivity index is 1.36. The number of hydrogen-bond donors (Lipinski definition) is 1. The number of ether oxygens (including phenoxy) is 1. The molecule has 1 saturated heterocycles. The topological polar surface area (TPSA) is 110 Å². The molecule has 182 valence electrons. The van der Waals surface area contributed by atoms with Crippen molar-refractivity contribution >= 4 is 64.1 Å². The van der Waals surface area contributed by atoms with Gasteiger partial charge >= 0.3 is 5.97 Å². The van der Waals surface area contributed by atoms with Crippen molar-refractivity contribution in [3.05, 3.63) is 59.7 Å². The smallest absolute Gasteiger partial charge is 0.338 e. The van der Waals surface area contributed by atoms with Gasteiger partial charge in [0.25, 0.3) is 5.91 Å². The van der Waals surface area contributed by atoms with Crippen LogP contribution in [0.25, 0.3) is 0 Å². The number of hydrogen-bond acceptors (Lipinski definition) is 6. The molecule has 0 spiro atoms. The maximum atomic E-state index is 12.9. The predicted octanol–water partition coefficient (Wildman–Crippen LogP) is 3.80. The van der Waals surface area contributed by atoms with Crippen molar-refractivity contribution in [2.45, 2.75) is 30.5 Å². The molecule has 4 atom stereocenters. The number of amides is 3. The highest BCUT2D eigenvalue weighted by molar-refractivity contribution is 6.31. The number of nitrogens with zero attached hydrogens (tertiary/aromatic N) is 1. The summed E-state index contributed by atoms with van der Waals surface area (Å²) >= 11 is 12.4.